The van der Waals surface area contributed by atoms with E-state index in [-0.39, 0.29) is 11.9 Å². The van der Waals surface area contributed by atoms with E-state index >= 15 is 0 Å². The Morgan fingerprint density at radius 1 is 1.24 bits per heavy atom. The third kappa shape index (κ3) is 2.24. The molecule has 1 N–H and O–H groups in total. The van der Waals surface area contributed by atoms with Crippen molar-refractivity contribution in [2.24, 2.45) is 0 Å². The third-order valence-electron chi connectivity index (χ3n) is 3.92. The molecule has 21 heavy (non-hydrogen) atoms. The van der Waals surface area contributed by atoms with Crippen LogP contribution in [0.25, 0.3) is 10.8 Å². The first-order valence-corrected chi connectivity index (χ1v) is 7.55. The zero-order chi connectivity index (χ0) is 15.1. The smallest absolute Gasteiger partial charge is 0.134 e. The fourth-order valence-corrected chi connectivity index (χ4v) is 3.53. The van der Waals surface area contributed by atoms with Crippen molar-refractivity contribution >= 4 is 26.7 Å². The number of ether oxygens (including phenoxy) is 3. The molecule has 5 heteroatoms. The van der Waals surface area contributed by atoms with Gasteiger partial charge in [-0.25, -0.2) is 0 Å². The van der Waals surface area contributed by atoms with Crippen molar-refractivity contribution in [3.63, 3.8) is 0 Å². The minimum Gasteiger partial charge on any atom is -0.507 e. The Kier molecular flexibility index (Phi) is 3.71. The summed E-state index contributed by atoms with van der Waals surface area (Å²) >= 11 is 3.68. The number of methoxy groups -OCH3 is 2. The second-order valence-electron chi connectivity index (χ2n) is 5.20. The quantitative estimate of drug-likeness (QED) is 0.893. The van der Waals surface area contributed by atoms with E-state index in [9.17, 15) is 5.11 Å². The highest BCUT2D eigenvalue weighted by molar-refractivity contribution is 9.10. The zero-order valence-electron chi connectivity index (χ0n) is 12.2. The van der Waals surface area contributed by atoms with Gasteiger partial charge in [0.25, 0.3) is 0 Å². The molecule has 1 heterocycles. The minimum atomic E-state index is 0.137. The highest BCUT2D eigenvalue weighted by Crippen LogP contribution is 2.46. The topological polar surface area (TPSA) is 47.9 Å². The fourth-order valence-electron chi connectivity index (χ4n) is 2.82. The maximum Gasteiger partial charge on any atom is 0.134 e. The number of phenolic OH excluding ortho intramolecular Hbond substituents is 1. The molecule has 2 aromatic carbocycles. The van der Waals surface area contributed by atoms with E-state index in [1.807, 2.05) is 13.0 Å². The molecule has 4 nitrogen and oxygen atoms in total. The Labute approximate surface area is 131 Å². The van der Waals surface area contributed by atoms with E-state index in [2.05, 4.69) is 15.9 Å². The molecule has 1 aliphatic rings. The van der Waals surface area contributed by atoms with Crippen LogP contribution in [-0.4, -0.2) is 25.4 Å². The Balaban J connectivity index is 2.39. The molecule has 0 fully saturated rings. The molecule has 0 amide bonds. The van der Waals surface area contributed by atoms with E-state index in [1.165, 1.54) is 0 Å². The van der Waals surface area contributed by atoms with Crippen LogP contribution in [0.5, 0.6) is 17.2 Å². The summed E-state index contributed by atoms with van der Waals surface area (Å²) in [6.45, 7) is 2.44. The molecule has 0 aromatic heterocycles. The van der Waals surface area contributed by atoms with Gasteiger partial charge in [-0.3, -0.25) is 0 Å². The first-order chi connectivity index (χ1) is 10.1. The van der Waals surface area contributed by atoms with Crippen molar-refractivity contribution in [1.29, 1.82) is 0 Å². The molecule has 0 saturated carbocycles. The van der Waals surface area contributed by atoms with Crippen molar-refractivity contribution in [3.8, 4) is 17.2 Å². The van der Waals surface area contributed by atoms with Gasteiger partial charge in [0, 0.05) is 21.5 Å². The van der Waals surface area contributed by atoms with E-state index < -0.39 is 0 Å². The number of halogens is 1. The van der Waals surface area contributed by atoms with Crippen molar-refractivity contribution < 1.29 is 19.3 Å². The van der Waals surface area contributed by atoms with Crippen LogP contribution in [-0.2, 0) is 17.8 Å². The number of aromatic hydroxyl groups is 1. The summed E-state index contributed by atoms with van der Waals surface area (Å²) in [6, 6.07) is 3.68. The first kappa shape index (κ1) is 14.5. The Bertz CT molecular complexity index is 711. The molecule has 0 bridgehead atoms. The lowest BCUT2D eigenvalue weighted by Gasteiger charge is -2.26. The first-order valence-electron chi connectivity index (χ1n) is 6.76. The monoisotopic (exact) mass is 352 g/mol. The summed E-state index contributed by atoms with van der Waals surface area (Å²) in [6.07, 6.45) is 0.900. The van der Waals surface area contributed by atoms with Gasteiger partial charge in [-0.1, -0.05) is 0 Å². The molecule has 3 rings (SSSR count). The van der Waals surface area contributed by atoms with E-state index in [4.69, 9.17) is 14.2 Å². The van der Waals surface area contributed by atoms with Crippen LogP contribution in [0.3, 0.4) is 0 Å². The van der Waals surface area contributed by atoms with Gasteiger partial charge >= 0.3 is 0 Å². The standard InChI is InChI=1S/C16H17BrO4/c1-8-4-10-12(7-21-8)16(18)14-11(15(10)17)5-9(19-2)6-13(14)20-3/h5-6,8,18H,4,7H2,1-3H3. The number of hydrogen-bond donors (Lipinski definition) is 1. The minimum absolute atomic E-state index is 0.137. The molecule has 0 radical (unpaired) electrons. The average Bonchev–Trinajstić information content (AvgIpc) is 2.51. The number of rotatable bonds is 2. The van der Waals surface area contributed by atoms with Gasteiger partial charge in [-0.2, -0.15) is 0 Å². The molecule has 1 unspecified atom stereocenters. The van der Waals surface area contributed by atoms with E-state index in [1.54, 1.807) is 20.3 Å². The van der Waals surface area contributed by atoms with Crippen LogP contribution in [0.4, 0.5) is 0 Å². The summed E-state index contributed by atoms with van der Waals surface area (Å²) in [5.74, 6) is 1.51. The van der Waals surface area contributed by atoms with Crippen molar-refractivity contribution in [2.45, 2.75) is 26.1 Å². The molecule has 112 valence electrons. The maximum atomic E-state index is 10.7. The van der Waals surface area contributed by atoms with Crippen molar-refractivity contribution in [2.75, 3.05) is 14.2 Å². The zero-order valence-corrected chi connectivity index (χ0v) is 13.8. The van der Waals surface area contributed by atoms with Gasteiger partial charge < -0.3 is 19.3 Å². The largest absolute Gasteiger partial charge is 0.507 e. The van der Waals surface area contributed by atoms with Gasteiger partial charge in [-0.05, 0) is 40.9 Å². The van der Waals surface area contributed by atoms with Gasteiger partial charge in [0.05, 0.1) is 32.3 Å². The molecule has 2 aromatic rings. The van der Waals surface area contributed by atoms with Crippen LogP contribution in [0, 0.1) is 0 Å². The summed E-state index contributed by atoms with van der Waals surface area (Å²) < 4.78 is 17.4. The Morgan fingerprint density at radius 3 is 2.67 bits per heavy atom. The van der Waals surface area contributed by atoms with Crippen LogP contribution < -0.4 is 9.47 Å². The molecular formula is C16H17BrO4. The molecule has 1 aliphatic heterocycles. The summed E-state index contributed by atoms with van der Waals surface area (Å²) in [7, 11) is 3.20. The predicted molar refractivity (Wildman–Crippen MR) is 84.4 cm³/mol. The number of benzene rings is 2. The lowest BCUT2D eigenvalue weighted by molar-refractivity contribution is 0.0396. The number of hydrogen-bond acceptors (Lipinski definition) is 4. The van der Waals surface area contributed by atoms with Gasteiger partial charge in [0.2, 0.25) is 0 Å². The van der Waals surface area contributed by atoms with Crippen molar-refractivity contribution in [3.05, 3.63) is 27.7 Å². The normalized spacial score (nSPS) is 17.6. The SMILES string of the molecule is COc1cc(OC)c2c(O)c3c(c(Br)c2c1)CC(C)OC3. The van der Waals surface area contributed by atoms with Crippen LogP contribution in [0.2, 0.25) is 0 Å². The average molecular weight is 353 g/mol. The van der Waals surface area contributed by atoms with Crippen LogP contribution >= 0.6 is 15.9 Å². The molecular weight excluding hydrogens is 336 g/mol. The maximum absolute atomic E-state index is 10.7. The molecule has 0 aliphatic carbocycles. The fraction of sp³-hybridized carbons (Fsp3) is 0.375. The second kappa shape index (κ2) is 5.39. The third-order valence-corrected chi connectivity index (χ3v) is 4.83. The summed E-state index contributed by atoms with van der Waals surface area (Å²) in [5.41, 5.74) is 1.92. The highest BCUT2D eigenvalue weighted by atomic mass is 79.9. The number of fused-ring (bicyclic) bond motifs is 2. The lowest BCUT2D eigenvalue weighted by atomic mass is 9.93. The lowest BCUT2D eigenvalue weighted by Crippen LogP contribution is -2.19. The van der Waals surface area contributed by atoms with Crippen LogP contribution in [0.15, 0.2) is 16.6 Å². The van der Waals surface area contributed by atoms with Gasteiger partial charge in [0.1, 0.15) is 17.2 Å². The van der Waals surface area contributed by atoms with Crippen molar-refractivity contribution in [1.82, 2.24) is 0 Å². The van der Waals surface area contributed by atoms with E-state index in [0.29, 0.717) is 23.5 Å². The van der Waals surface area contributed by atoms with Crippen LogP contribution in [0.1, 0.15) is 18.1 Å². The molecule has 1 atom stereocenters. The summed E-state index contributed by atoms with van der Waals surface area (Å²) in [4.78, 5) is 0. The Morgan fingerprint density at radius 2 is 2.00 bits per heavy atom. The second-order valence-corrected chi connectivity index (χ2v) is 5.99. The summed E-state index contributed by atoms with van der Waals surface area (Å²) in [5, 5.41) is 12.2. The molecule has 0 spiro atoms. The van der Waals surface area contributed by atoms with Gasteiger partial charge in [-0.15, -0.1) is 0 Å². The molecule has 0 saturated heterocycles. The predicted octanol–water partition coefficient (Wildman–Crippen LogP) is 3.79. The van der Waals surface area contributed by atoms with Gasteiger partial charge in [0.15, 0.2) is 0 Å². The number of phenols is 1. The van der Waals surface area contributed by atoms with E-state index in [0.717, 1.165) is 27.4 Å². The Hall–Kier alpha value is -1.46. The highest BCUT2D eigenvalue weighted by Gasteiger charge is 2.26.